The molecule has 0 aliphatic rings. The number of carboxylic acids is 1. The fourth-order valence-corrected chi connectivity index (χ4v) is 2.33. The van der Waals surface area contributed by atoms with Crippen LogP contribution >= 0.6 is 0 Å². The first-order chi connectivity index (χ1) is 9.79. The third kappa shape index (κ3) is 3.43. The van der Waals surface area contributed by atoms with Crippen LogP contribution in [0.4, 0.5) is 11.4 Å². The molecule has 2 aromatic rings. The molecule has 0 aliphatic carbocycles. The van der Waals surface area contributed by atoms with Gasteiger partial charge >= 0.3 is 5.97 Å². The van der Waals surface area contributed by atoms with E-state index >= 15 is 0 Å². The summed E-state index contributed by atoms with van der Waals surface area (Å²) in [6.45, 7) is 8.43. The summed E-state index contributed by atoms with van der Waals surface area (Å²) in [5, 5.41) is 12.4. The quantitative estimate of drug-likeness (QED) is 0.855. The van der Waals surface area contributed by atoms with E-state index in [1.54, 1.807) is 12.1 Å². The Kier molecular flexibility index (Phi) is 4.03. The van der Waals surface area contributed by atoms with Crippen molar-refractivity contribution in [3.05, 3.63) is 59.2 Å². The molecule has 0 amide bonds. The summed E-state index contributed by atoms with van der Waals surface area (Å²) < 4.78 is 0. The number of aryl methyl sites for hydroxylation is 1. The van der Waals surface area contributed by atoms with Crippen LogP contribution in [0.1, 0.15) is 42.3 Å². The van der Waals surface area contributed by atoms with Gasteiger partial charge in [-0.1, -0.05) is 39.0 Å². The minimum Gasteiger partial charge on any atom is -0.478 e. The van der Waals surface area contributed by atoms with Crippen molar-refractivity contribution in [3.63, 3.8) is 0 Å². The van der Waals surface area contributed by atoms with Crippen molar-refractivity contribution >= 4 is 17.3 Å². The molecule has 110 valence electrons. The van der Waals surface area contributed by atoms with Crippen molar-refractivity contribution in [3.8, 4) is 0 Å². The second-order valence-electron chi connectivity index (χ2n) is 6.26. The number of aromatic carboxylic acids is 1. The largest absolute Gasteiger partial charge is 0.478 e. The number of anilines is 2. The highest BCUT2D eigenvalue weighted by molar-refractivity contribution is 5.88. The molecule has 0 radical (unpaired) electrons. The van der Waals surface area contributed by atoms with Crippen molar-refractivity contribution in [1.29, 1.82) is 0 Å². The van der Waals surface area contributed by atoms with Crippen LogP contribution in [0.5, 0.6) is 0 Å². The molecular formula is C18H21NO2. The SMILES string of the molecule is Cc1cc(C(=O)O)ccc1Nc1ccccc1C(C)(C)C. The molecule has 0 bridgehead atoms. The van der Waals surface area contributed by atoms with Gasteiger partial charge < -0.3 is 10.4 Å². The van der Waals surface area contributed by atoms with Gasteiger partial charge in [-0.05, 0) is 47.7 Å². The number of hydrogen-bond acceptors (Lipinski definition) is 2. The molecule has 3 heteroatoms. The number of carbonyl (C=O) groups is 1. The molecule has 2 rings (SSSR count). The summed E-state index contributed by atoms with van der Waals surface area (Å²) in [7, 11) is 0. The number of hydrogen-bond donors (Lipinski definition) is 2. The fourth-order valence-electron chi connectivity index (χ4n) is 2.33. The molecule has 0 saturated carbocycles. The van der Waals surface area contributed by atoms with Gasteiger partial charge in [-0.15, -0.1) is 0 Å². The topological polar surface area (TPSA) is 49.3 Å². The summed E-state index contributed by atoms with van der Waals surface area (Å²) in [4.78, 5) is 11.0. The summed E-state index contributed by atoms with van der Waals surface area (Å²) in [5.41, 5.74) is 4.47. The number of nitrogens with one attached hydrogen (secondary N) is 1. The van der Waals surface area contributed by atoms with Gasteiger partial charge in [-0.2, -0.15) is 0 Å². The lowest BCUT2D eigenvalue weighted by atomic mass is 9.85. The molecule has 0 heterocycles. The normalized spacial score (nSPS) is 11.2. The molecule has 0 aromatic heterocycles. The highest BCUT2D eigenvalue weighted by Crippen LogP contribution is 2.32. The Morgan fingerprint density at radius 1 is 1.05 bits per heavy atom. The van der Waals surface area contributed by atoms with Crippen molar-refractivity contribution in [2.24, 2.45) is 0 Å². The Hall–Kier alpha value is -2.29. The lowest BCUT2D eigenvalue weighted by Crippen LogP contribution is -2.13. The molecule has 21 heavy (non-hydrogen) atoms. The standard InChI is InChI=1S/C18H21NO2/c1-12-11-13(17(20)21)9-10-15(12)19-16-8-6-5-7-14(16)18(2,3)4/h5-11,19H,1-4H3,(H,20,21). The molecule has 3 nitrogen and oxygen atoms in total. The average molecular weight is 283 g/mol. The Morgan fingerprint density at radius 3 is 2.29 bits per heavy atom. The predicted molar refractivity (Wildman–Crippen MR) is 86.6 cm³/mol. The number of benzene rings is 2. The second-order valence-corrected chi connectivity index (χ2v) is 6.26. The third-order valence-corrected chi connectivity index (χ3v) is 3.48. The lowest BCUT2D eigenvalue weighted by Gasteiger charge is -2.24. The summed E-state index contributed by atoms with van der Waals surface area (Å²) in [6, 6.07) is 13.3. The van der Waals surface area contributed by atoms with Crippen LogP contribution in [-0.4, -0.2) is 11.1 Å². The van der Waals surface area contributed by atoms with Gasteiger partial charge in [-0.25, -0.2) is 4.79 Å². The van der Waals surface area contributed by atoms with Crippen molar-refractivity contribution in [1.82, 2.24) is 0 Å². The van der Waals surface area contributed by atoms with Crippen LogP contribution in [0, 0.1) is 6.92 Å². The van der Waals surface area contributed by atoms with Crippen molar-refractivity contribution in [2.45, 2.75) is 33.1 Å². The van der Waals surface area contributed by atoms with Gasteiger partial charge in [0, 0.05) is 11.4 Å². The van der Waals surface area contributed by atoms with E-state index in [-0.39, 0.29) is 5.41 Å². The summed E-state index contributed by atoms with van der Waals surface area (Å²) in [5.74, 6) is -0.903. The maximum atomic E-state index is 11.0. The van der Waals surface area contributed by atoms with Crippen LogP contribution in [0.25, 0.3) is 0 Å². The van der Waals surface area contributed by atoms with E-state index < -0.39 is 5.97 Å². The van der Waals surface area contributed by atoms with E-state index in [1.807, 2.05) is 31.2 Å². The van der Waals surface area contributed by atoms with Gasteiger partial charge in [0.25, 0.3) is 0 Å². The summed E-state index contributed by atoms with van der Waals surface area (Å²) in [6.07, 6.45) is 0. The van der Waals surface area contributed by atoms with Gasteiger partial charge in [0.1, 0.15) is 0 Å². The molecular weight excluding hydrogens is 262 g/mol. The lowest BCUT2D eigenvalue weighted by molar-refractivity contribution is 0.0697. The zero-order valence-electron chi connectivity index (χ0n) is 12.9. The maximum Gasteiger partial charge on any atom is 0.335 e. The van der Waals surface area contributed by atoms with Gasteiger partial charge in [0.05, 0.1) is 5.56 Å². The van der Waals surface area contributed by atoms with Crippen LogP contribution in [-0.2, 0) is 5.41 Å². The molecule has 0 aliphatic heterocycles. The average Bonchev–Trinajstić information content (AvgIpc) is 2.40. The molecule has 2 N–H and O–H groups in total. The van der Waals surface area contributed by atoms with E-state index in [0.717, 1.165) is 16.9 Å². The smallest absolute Gasteiger partial charge is 0.335 e. The van der Waals surface area contributed by atoms with Gasteiger partial charge in [-0.3, -0.25) is 0 Å². The second kappa shape index (κ2) is 5.60. The third-order valence-electron chi connectivity index (χ3n) is 3.48. The molecule has 0 atom stereocenters. The van der Waals surface area contributed by atoms with Gasteiger partial charge in [0.2, 0.25) is 0 Å². The highest BCUT2D eigenvalue weighted by Gasteiger charge is 2.17. The molecule has 0 unspecified atom stereocenters. The van der Waals surface area contributed by atoms with E-state index in [2.05, 4.69) is 32.2 Å². The van der Waals surface area contributed by atoms with E-state index in [9.17, 15) is 4.79 Å². The molecule has 2 aromatic carbocycles. The van der Waals surface area contributed by atoms with Crippen LogP contribution in [0.2, 0.25) is 0 Å². The Balaban J connectivity index is 2.38. The van der Waals surface area contributed by atoms with E-state index in [0.29, 0.717) is 5.56 Å². The maximum absolute atomic E-state index is 11.0. The van der Waals surface area contributed by atoms with Crippen LogP contribution in [0.3, 0.4) is 0 Å². The first-order valence-electron chi connectivity index (χ1n) is 6.99. The minimum atomic E-state index is -0.903. The molecule has 0 saturated heterocycles. The zero-order valence-corrected chi connectivity index (χ0v) is 12.9. The highest BCUT2D eigenvalue weighted by atomic mass is 16.4. The van der Waals surface area contributed by atoms with Crippen LogP contribution < -0.4 is 5.32 Å². The fraction of sp³-hybridized carbons (Fsp3) is 0.278. The number of carboxylic acid groups (broad SMARTS) is 1. The van der Waals surface area contributed by atoms with Crippen molar-refractivity contribution in [2.75, 3.05) is 5.32 Å². The van der Waals surface area contributed by atoms with E-state index in [4.69, 9.17) is 5.11 Å². The Morgan fingerprint density at radius 2 is 1.71 bits per heavy atom. The number of rotatable bonds is 3. The Labute approximate surface area is 125 Å². The van der Waals surface area contributed by atoms with Crippen molar-refractivity contribution < 1.29 is 9.90 Å². The zero-order chi connectivity index (χ0) is 15.6. The molecule has 0 spiro atoms. The molecule has 0 fully saturated rings. The summed E-state index contributed by atoms with van der Waals surface area (Å²) >= 11 is 0. The minimum absolute atomic E-state index is 0.0402. The Bertz CT molecular complexity index is 669. The van der Waals surface area contributed by atoms with E-state index in [1.165, 1.54) is 5.56 Å². The first kappa shape index (κ1) is 15.1. The number of para-hydroxylation sites is 1. The monoisotopic (exact) mass is 283 g/mol. The van der Waals surface area contributed by atoms with Crippen LogP contribution in [0.15, 0.2) is 42.5 Å². The predicted octanol–water partition coefficient (Wildman–Crippen LogP) is 4.73. The van der Waals surface area contributed by atoms with Gasteiger partial charge in [0.15, 0.2) is 0 Å². The first-order valence-corrected chi connectivity index (χ1v) is 6.99.